The van der Waals surface area contributed by atoms with Crippen LogP contribution in [-0.4, -0.2) is 12.9 Å². The van der Waals surface area contributed by atoms with Crippen LogP contribution < -0.4 is 10.6 Å². The van der Waals surface area contributed by atoms with Gasteiger partial charge in [-0.25, -0.2) is 0 Å². The SMILES string of the molecule is CSc1cccc(C#N)c1C1NCNC2=CCCCC21. The zero-order chi connectivity index (χ0) is 13.9. The predicted molar refractivity (Wildman–Crippen MR) is 82.2 cm³/mol. The molecule has 104 valence electrons. The van der Waals surface area contributed by atoms with Crippen LogP contribution in [0.1, 0.15) is 36.4 Å². The minimum Gasteiger partial charge on any atom is -0.376 e. The van der Waals surface area contributed by atoms with E-state index in [1.165, 1.54) is 35.4 Å². The standard InChI is InChI=1S/C16H19N3S/c1-20-14-8-4-5-11(9-17)15(14)16-12-6-2-3-7-13(12)18-10-19-16/h4-5,7-8,12,16,18-19H,2-3,6,10H2,1H3. The highest BCUT2D eigenvalue weighted by molar-refractivity contribution is 7.98. The number of thioether (sulfide) groups is 1. The van der Waals surface area contributed by atoms with Crippen LogP contribution in [0.15, 0.2) is 34.9 Å². The smallest absolute Gasteiger partial charge is 0.0995 e. The number of nitriles is 1. The molecule has 1 fully saturated rings. The van der Waals surface area contributed by atoms with Crippen molar-refractivity contribution in [2.75, 3.05) is 12.9 Å². The largest absolute Gasteiger partial charge is 0.376 e. The minimum absolute atomic E-state index is 0.251. The molecule has 1 heterocycles. The van der Waals surface area contributed by atoms with Gasteiger partial charge in [-0.3, -0.25) is 5.32 Å². The van der Waals surface area contributed by atoms with E-state index in [9.17, 15) is 5.26 Å². The van der Waals surface area contributed by atoms with Gasteiger partial charge >= 0.3 is 0 Å². The summed E-state index contributed by atoms with van der Waals surface area (Å²) in [6.45, 7) is 0.778. The van der Waals surface area contributed by atoms with Crippen LogP contribution in [0.3, 0.4) is 0 Å². The molecule has 1 aromatic rings. The Labute approximate surface area is 124 Å². The minimum atomic E-state index is 0.251. The topological polar surface area (TPSA) is 47.9 Å². The molecule has 0 saturated carbocycles. The Kier molecular flexibility index (Phi) is 4.00. The number of allylic oxidation sites excluding steroid dienone is 1. The van der Waals surface area contributed by atoms with E-state index in [1.807, 2.05) is 12.1 Å². The summed E-state index contributed by atoms with van der Waals surface area (Å²) in [4.78, 5) is 1.22. The van der Waals surface area contributed by atoms with Gasteiger partial charge in [0, 0.05) is 28.1 Å². The fraction of sp³-hybridized carbons (Fsp3) is 0.438. The van der Waals surface area contributed by atoms with Crippen LogP contribution in [0.4, 0.5) is 0 Å². The van der Waals surface area contributed by atoms with E-state index >= 15 is 0 Å². The molecule has 1 saturated heterocycles. The number of rotatable bonds is 2. The zero-order valence-corrected chi connectivity index (χ0v) is 12.5. The number of benzene rings is 1. The first-order chi connectivity index (χ1) is 9.85. The zero-order valence-electron chi connectivity index (χ0n) is 11.6. The van der Waals surface area contributed by atoms with Gasteiger partial charge in [0.05, 0.1) is 18.3 Å². The van der Waals surface area contributed by atoms with Gasteiger partial charge in [0.2, 0.25) is 0 Å². The van der Waals surface area contributed by atoms with Gasteiger partial charge in [-0.1, -0.05) is 12.1 Å². The number of nitrogens with one attached hydrogen (secondary N) is 2. The third kappa shape index (κ3) is 2.32. The molecule has 1 aliphatic carbocycles. The molecule has 0 spiro atoms. The second-order valence-electron chi connectivity index (χ2n) is 5.27. The molecule has 1 aliphatic heterocycles. The maximum absolute atomic E-state index is 9.45. The van der Waals surface area contributed by atoms with Gasteiger partial charge in [-0.15, -0.1) is 11.8 Å². The quantitative estimate of drug-likeness (QED) is 0.820. The Bertz CT molecular complexity index is 574. The van der Waals surface area contributed by atoms with Gasteiger partial charge in [0.1, 0.15) is 0 Å². The van der Waals surface area contributed by atoms with E-state index < -0.39 is 0 Å². The molecule has 2 N–H and O–H groups in total. The fourth-order valence-electron chi connectivity index (χ4n) is 3.30. The molecule has 3 nitrogen and oxygen atoms in total. The Morgan fingerprint density at radius 3 is 3.10 bits per heavy atom. The summed E-state index contributed by atoms with van der Waals surface area (Å²) in [6.07, 6.45) is 8.00. The van der Waals surface area contributed by atoms with Gasteiger partial charge in [-0.05, 0) is 37.7 Å². The van der Waals surface area contributed by atoms with E-state index in [1.54, 1.807) is 11.8 Å². The number of hydrogen-bond donors (Lipinski definition) is 2. The van der Waals surface area contributed by atoms with E-state index in [4.69, 9.17) is 0 Å². The molecular formula is C16H19N3S. The van der Waals surface area contributed by atoms with Crippen LogP contribution in [0.2, 0.25) is 0 Å². The Morgan fingerprint density at radius 1 is 1.40 bits per heavy atom. The fourth-order valence-corrected chi connectivity index (χ4v) is 3.97. The highest BCUT2D eigenvalue weighted by Gasteiger charge is 2.33. The van der Waals surface area contributed by atoms with Crippen LogP contribution in [0, 0.1) is 17.2 Å². The molecule has 20 heavy (non-hydrogen) atoms. The molecular weight excluding hydrogens is 266 g/mol. The van der Waals surface area contributed by atoms with Crippen molar-refractivity contribution in [3.8, 4) is 6.07 Å². The van der Waals surface area contributed by atoms with Crippen LogP contribution in [-0.2, 0) is 0 Å². The van der Waals surface area contributed by atoms with Crippen molar-refractivity contribution < 1.29 is 0 Å². The van der Waals surface area contributed by atoms with Crippen molar-refractivity contribution in [1.29, 1.82) is 5.26 Å². The van der Waals surface area contributed by atoms with Crippen molar-refractivity contribution >= 4 is 11.8 Å². The molecule has 2 atom stereocenters. The number of hydrogen-bond acceptors (Lipinski definition) is 4. The molecule has 2 unspecified atom stereocenters. The Balaban J connectivity index is 2.06. The molecule has 0 aromatic heterocycles. The summed E-state index contributed by atoms with van der Waals surface area (Å²) >= 11 is 1.73. The summed E-state index contributed by atoms with van der Waals surface area (Å²) in [5.74, 6) is 0.470. The summed E-state index contributed by atoms with van der Waals surface area (Å²) in [7, 11) is 0. The van der Waals surface area contributed by atoms with E-state index in [0.29, 0.717) is 5.92 Å². The lowest BCUT2D eigenvalue weighted by Gasteiger charge is -2.39. The summed E-state index contributed by atoms with van der Waals surface area (Å²) in [6, 6.07) is 8.66. The second-order valence-corrected chi connectivity index (χ2v) is 6.11. The number of fused-ring (bicyclic) bond motifs is 1. The van der Waals surface area contributed by atoms with Crippen molar-refractivity contribution in [2.45, 2.75) is 30.2 Å². The lowest BCUT2D eigenvalue weighted by molar-refractivity contribution is 0.298. The second kappa shape index (κ2) is 5.90. The highest BCUT2D eigenvalue weighted by Crippen LogP contribution is 2.40. The van der Waals surface area contributed by atoms with Crippen molar-refractivity contribution in [2.24, 2.45) is 5.92 Å². The first-order valence-corrected chi connectivity index (χ1v) is 8.32. The van der Waals surface area contributed by atoms with Crippen LogP contribution in [0.5, 0.6) is 0 Å². The first kappa shape index (κ1) is 13.5. The summed E-state index contributed by atoms with van der Waals surface area (Å²) in [5.41, 5.74) is 3.35. The Morgan fingerprint density at radius 2 is 2.30 bits per heavy atom. The first-order valence-electron chi connectivity index (χ1n) is 7.09. The molecule has 2 aliphatic rings. The van der Waals surface area contributed by atoms with E-state index in [0.717, 1.165) is 12.2 Å². The van der Waals surface area contributed by atoms with Crippen molar-refractivity contribution in [3.05, 3.63) is 41.1 Å². The van der Waals surface area contributed by atoms with E-state index in [2.05, 4.69) is 35.1 Å². The van der Waals surface area contributed by atoms with Gasteiger partial charge < -0.3 is 5.32 Å². The van der Waals surface area contributed by atoms with Crippen LogP contribution >= 0.6 is 11.8 Å². The molecule has 3 rings (SSSR count). The molecule has 4 heteroatoms. The van der Waals surface area contributed by atoms with Gasteiger partial charge in [0.15, 0.2) is 0 Å². The molecule has 0 radical (unpaired) electrons. The highest BCUT2D eigenvalue weighted by atomic mass is 32.2. The Hall–Kier alpha value is -1.44. The third-order valence-corrected chi connectivity index (χ3v) is 5.01. The predicted octanol–water partition coefficient (Wildman–Crippen LogP) is 3.16. The van der Waals surface area contributed by atoms with Gasteiger partial charge in [-0.2, -0.15) is 5.26 Å². The van der Waals surface area contributed by atoms with Gasteiger partial charge in [0.25, 0.3) is 0 Å². The molecule has 0 amide bonds. The number of nitrogens with zero attached hydrogens (tertiary/aromatic N) is 1. The monoisotopic (exact) mass is 285 g/mol. The summed E-state index contributed by atoms with van der Waals surface area (Å²) < 4.78 is 0. The van der Waals surface area contributed by atoms with Crippen molar-refractivity contribution in [3.63, 3.8) is 0 Å². The van der Waals surface area contributed by atoms with Crippen molar-refractivity contribution in [1.82, 2.24) is 10.6 Å². The molecule has 0 bridgehead atoms. The maximum atomic E-state index is 9.45. The van der Waals surface area contributed by atoms with Crippen LogP contribution in [0.25, 0.3) is 0 Å². The van der Waals surface area contributed by atoms with E-state index in [-0.39, 0.29) is 6.04 Å². The average Bonchev–Trinajstić information content (AvgIpc) is 2.53. The molecule has 1 aromatic carbocycles. The third-order valence-electron chi connectivity index (χ3n) is 4.22. The lowest BCUT2D eigenvalue weighted by atomic mass is 9.80. The normalized spacial score (nSPS) is 25.1. The summed E-state index contributed by atoms with van der Waals surface area (Å²) in [5, 5.41) is 16.5. The maximum Gasteiger partial charge on any atom is 0.0995 e. The lowest BCUT2D eigenvalue weighted by Crippen LogP contribution is -2.45. The average molecular weight is 285 g/mol.